The third-order valence-corrected chi connectivity index (χ3v) is 2.36. The van der Waals surface area contributed by atoms with Crippen LogP contribution >= 0.6 is 15.9 Å². The first kappa shape index (κ1) is 18.7. The zero-order valence-electron chi connectivity index (χ0n) is 11.2. The molecule has 0 heterocycles. The second kappa shape index (κ2) is 11.8. The summed E-state index contributed by atoms with van der Waals surface area (Å²) >= 11 is 3.27. The molecule has 0 radical (unpaired) electrons. The number of esters is 1. The van der Waals surface area contributed by atoms with Gasteiger partial charge in [0.1, 0.15) is 0 Å². The minimum atomic E-state index is -0.473. The quantitative estimate of drug-likeness (QED) is 0.482. The van der Waals surface area contributed by atoms with Crippen molar-refractivity contribution in [1.82, 2.24) is 0 Å². The lowest BCUT2D eigenvalue weighted by Gasteiger charge is -2.04. The van der Waals surface area contributed by atoms with Gasteiger partial charge in [0.15, 0.2) is 0 Å². The number of hydrogen-bond acceptors (Lipinski definition) is 4. The fraction of sp³-hybridized carbons (Fsp3) is 0.667. The van der Waals surface area contributed by atoms with Crippen LogP contribution in [-0.2, 0) is 9.53 Å². The Kier molecular flexibility index (Phi) is 13.0. The van der Waals surface area contributed by atoms with Crippen LogP contribution in [0.4, 0.5) is 0 Å². The molecule has 17 heavy (non-hydrogen) atoms. The Morgan fingerprint density at radius 1 is 1.41 bits per heavy atom. The van der Waals surface area contributed by atoms with Gasteiger partial charge in [-0.3, -0.25) is 0 Å². The van der Waals surface area contributed by atoms with E-state index in [2.05, 4.69) is 25.7 Å². The average Bonchev–Trinajstić information content (AvgIpc) is 2.36. The second-order valence-corrected chi connectivity index (χ2v) is 3.87. The van der Waals surface area contributed by atoms with Gasteiger partial charge in [0.25, 0.3) is 0 Å². The Morgan fingerprint density at radius 2 is 1.94 bits per heavy atom. The molecule has 0 aliphatic heterocycles. The zero-order chi connectivity index (χ0) is 13.8. The van der Waals surface area contributed by atoms with Crippen molar-refractivity contribution in [1.29, 1.82) is 0 Å². The summed E-state index contributed by atoms with van der Waals surface area (Å²) in [6, 6.07) is 0. The van der Waals surface area contributed by atoms with Gasteiger partial charge in [0.2, 0.25) is 0 Å². The third-order valence-electron chi connectivity index (χ3n) is 1.79. The highest BCUT2D eigenvalue weighted by Gasteiger charge is 2.10. The molecule has 0 fully saturated rings. The topological polar surface area (TPSA) is 58.9 Å². The van der Waals surface area contributed by atoms with Crippen molar-refractivity contribution in [2.75, 3.05) is 13.7 Å². The summed E-state index contributed by atoms with van der Waals surface area (Å²) in [5, 5.41) is 9.06. The Balaban J connectivity index is 0. The lowest BCUT2D eigenvalue weighted by atomic mass is 10.2. The number of aliphatic hydroxyl groups excluding tert-OH is 1. The van der Waals surface area contributed by atoms with Crippen LogP contribution < -0.4 is 0 Å². The monoisotopic (exact) mass is 307 g/mol. The minimum Gasteiger partial charge on any atom is -0.466 e. The molecular weight excluding hydrogens is 286 g/mol. The molecule has 4 nitrogen and oxygen atoms in total. The van der Waals surface area contributed by atoms with Crippen LogP contribution in [0.15, 0.2) is 16.3 Å². The molecule has 0 rings (SSSR count). The van der Waals surface area contributed by atoms with E-state index in [0.717, 1.165) is 17.5 Å². The molecule has 0 amide bonds. The number of carbonyl (C=O) groups excluding carboxylic acids is 1. The van der Waals surface area contributed by atoms with E-state index in [1.165, 1.54) is 7.11 Å². The van der Waals surface area contributed by atoms with Crippen molar-refractivity contribution in [3.63, 3.8) is 0 Å². The highest BCUT2D eigenvalue weighted by molar-refractivity contribution is 9.18. The molecule has 100 valence electrons. The van der Waals surface area contributed by atoms with Crippen LogP contribution in [0, 0.1) is 0 Å². The van der Waals surface area contributed by atoms with Crippen molar-refractivity contribution in [3.05, 3.63) is 11.3 Å². The average molecular weight is 308 g/mol. The van der Waals surface area contributed by atoms with Crippen LogP contribution in [0.25, 0.3) is 0 Å². The third kappa shape index (κ3) is 8.10. The van der Waals surface area contributed by atoms with Crippen molar-refractivity contribution < 1.29 is 14.6 Å². The SMILES string of the molecule is CC.CCCC(Br)=N/C(CO)=C(\C)C(=O)OC. The minimum absolute atomic E-state index is 0.278. The van der Waals surface area contributed by atoms with Crippen molar-refractivity contribution in [2.24, 2.45) is 4.99 Å². The van der Waals surface area contributed by atoms with Crippen molar-refractivity contribution >= 4 is 26.5 Å². The molecule has 1 N–H and O–H groups in total. The van der Waals surface area contributed by atoms with Gasteiger partial charge in [-0.25, -0.2) is 9.79 Å². The van der Waals surface area contributed by atoms with E-state index in [1.54, 1.807) is 6.92 Å². The van der Waals surface area contributed by atoms with Gasteiger partial charge in [0.05, 0.1) is 29.6 Å². The highest BCUT2D eigenvalue weighted by atomic mass is 79.9. The highest BCUT2D eigenvalue weighted by Crippen LogP contribution is 2.11. The maximum absolute atomic E-state index is 11.2. The van der Waals surface area contributed by atoms with Crippen LogP contribution in [0.5, 0.6) is 0 Å². The summed E-state index contributed by atoms with van der Waals surface area (Å²) in [4.78, 5) is 15.3. The number of rotatable bonds is 5. The molecule has 0 spiro atoms. The van der Waals surface area contributed by atoms with Gasteiger partial charge < -0.3 is 9.84 Å². The number of aliphatic imine (C=N–C) groups is 1. The first-order valence-electron chi connectivity index (χ1n) is 5.68. The van der Waals surface area contributed by atoms with Crippen LogP contribution in [0.3, 0.4) is 0 Å². The van der Waals surface area contributed by atoms with E-state index in [9.17, 15) is 4.79 Å². The van der Waals surface area contributed by atoms with Gasteiger partial charge in [-0.15, -0.1) is 0 Å². The fourth-order valence-corrected chi connectivity index (χ4v) is 1.53. The molecule has 5 heteroatoms. The molecule has 0 unspecified atom stereocenters. The number of hydrogen-bond donors (Lipinski definition) is 1. The van der Waals surface area contributed by atoms with E-state index in [1.807, 2.05) is 20.8 Å². The summed E-state index contributed by atoms with van der Waals surface area (Å²) in [7, 11) is 1.30. The Labute approximate surface area is 112 Å². The predicted octanol–water partition coefficient (Wildman–Crippen LogP) is 3.05. The molecule has 0 saturated heterocycles. The first-order chi connectivity index (χ1) is 8.06. The molecule has 0 aliphatic carbocycles. The number of nitrogens with zero attached hydrogens (tertiary/aromatic N) is 1. The van der Waals surface area contributed by atoms with Gasteiger partial charge >= 0.3 is 5.97 Å². The van der Waals surface area contributed by atoms with Crippen molar-refractivity contribution in [2.45, 2.75) is 40.5 Å². The standard InChI is InChI=1S/C10H16BrNO3.C2H6/c1-4-5-9(11)12-8(6-13)7(2)10(14)15-3;1-2/h13H,4-6H2,1-3H3;1-2H3/b8-7+,12-9?;. The van der Waals surface area contributed by atoms with E-state index >= 15 is 0 Å². The smallest absolute Gasteiger partial charge is 0.335 e. The molecule has 0 aromatic carbocycles. The van der Waals surface area contributed by atoms with E-state index in [0.29, 0.717) is 11.3 Å². The van der Waals surface area contributed by atoms with Gasteiger partial charge in [0, 0.05) is 0 Å². The molecule has 0 aromatic rings. The van der Waals surface area contributed by atoms with E-state index < -0.39 is 5.97 Å². The Hall–Kier alpha value is -0.680. The van der Waals surface area contributed by atoms with Crippen molar-refractivity contribution in [3.8, 4) is 0 Å². The summed E-state index contributed by atoms with van der Waals surface area (Å²) in [6.45, 7) is 7.32. The van der Waals surface area contributed by atoms with Crippen LogP contribution in [0.1, 0.15) is 40.5 Å². The second-order valence-electron chi connectivity index (χ2n) is 2.96. The number of aliphatic hydroxyl groups is 1. The predicted molar refractivity (Wildman–Crippen MR) is 74.4 cm³/mol. The largest absolute Gasteiger partial charge is 0.466 e. The van der Waals surface area contributed by atoms with E-state index in [-0.39, 0.29) is 6.61 Å². The zero-order valence-corrected chi connectivity index (χ0v) is 12.8. The first-order valence-corrected chi connectivity index (χ1v) is 6.48. The van der Waals surface area contributed by atoms with Crippen LogP contribution in [0.2, 0.25) is 0 Å². The van der Waals surface area contributed by atoms with Gasteiger partial charge in [-0.2, -0.15) is 0 Å². The number of methoxy groups -OCH3 is 1. The van der Waals surface area contributed by atoms with E-state index in [4.69, 9.17) is 5.11 Å². The molecular formula is C12H22BrNO3. The number of ether oxygens (including phenoxy) is 1. The number of carbonyl (C=O) groups is 1. The summed E-state index contributed by atoms with van der Waals surface area (Å²) in [6.07, 6.45) is 1.72. The lowest BCUT2D eigenvalue weighted by Crippen LogP contribution is -2.07. The molecule has 0 aliphatic rings. The summed E-state index contributed by atoms with van der Waals surface area (Å²) in [5.74, 6) is -0.473. The molecule has 0 saturated carbocycles. The molecule has 0 aromatic heterocycles. The maximum Gasteiger partial charge on any atom is 0.335 e. The molecule has 0 atom stereocenters. The van der Waals surface area contributed by atoms with Gasteiger partial charge in [-0.05, 0) is 29.3 Å². The molecule has 0 bridgehead atoms. The fourth-order valence-electron chi connectivity index (χ4n) is 0.917. The lowest BCUT2D eigenvalue weighted by molar-refractivity contribution is -0.136. The maximum atomic E-state index is 11.2. The van der Waals surface area contributed by atoms with Gasteiger partial charge in [-0.1, -0.05) is 27.2 Å². The van der Waals surface area contributed by atoms with Crippen LogP contribution in [-0.4, -0.2) is 29.4 Å². The Morgan fingerprint density at radius 3 is 2.29 bits per heavy atom. The summed E-state index contributed by atoms with van der Waals surface area (Å²) < 4.78 is 5.26. The summed E-state index contributed by atoms with van der Waals surface area (Å²) in [5.41, 5.74) is 0.662. The normalized spacial score (nSPS) is 12.3. The number of halogens is 1. The Bertz CT molecular complexity index is 285.